The summed E-state index contributed by atoms with van der Waals surface area (Å²) >= 11 is 2.65. The van der Waals surface area contributed by atoms with Crippen molar-refractivity contribution in [2.75, 3.05) is 18.3 Å². The molecule has 11 nitrogen and oxygen atoms in total. The number of hydrazone groups is 1. The molecular formula is C22H20N4O7S2. The van der Waals surface area contributed by atoms with Gasteiger partial charge < -0.3 is 20.3 Å². The van der Waals surface area contributed by atoms with E-state index >= 15 is 0 Å². The van der Waals surface area contributed by atoms with Gasteiger partial charge in [-0.3, -0.25) is 19.9 Å². The maximum atomic E-state index is 13.1. The monoisotopic (exact) mass is 516 g/mol. The van der Waals surface area contributed by atoms with Crippen molar-refractivity contribution in [2.45, 2.75) is 17.5 Å². The first-order valence-corrected chi connectivity index (χ1v) is 12.1. The summed E-state index contributed by atoms with van der Waals surface area (Å²) in [7, 11) is 1.29. The average molecular weight is 517 g/mol. The van der Waals surface area contributed by atoms with Gasteiger partial charge >= 0.3 is 11.9 Å². The summed E-state index contributed by atoms with van der Waals surface area (Å²) in [6.45, 7) is 0. The lowest BCUT2D eigenvalue weighted by Gasteiger charge is -2.55. The maximum Gasteiger partial charge on any atom is 0.353 e. The van der Waals surface area contributed by atoms with E-state index in [2.05, 4.69) is 15.8 Å². The first-order chi connectivity index (χ1) is 16.8. The zero-order valence-corrected chi connectivity index (χ0v) is 19.9. The van der Waals surface area contributed by atoms with Gasteiger partial charge in [0.15, 0.2) is 0 Å². The molecule has 1 saturated heterocycles. The highest BCUT2D eigenvalue weighted by Crippen LogP contribution is 2.46. The number of thioether (sulfide) groups is 1. The third-order valence-corrected chi connectivity index (χ3v) is 7.58. The molecule has 35 heavy (non-hydrogen) atoms. The molecule has 1 aromatic heterocycles. The molecule has 2 atom stereocenters. The number of carboxylic acid groups (broad SMARTS) is 2. The van der Waals surface area contributed by atoms with Crippen molar-refractivity contribution >= 4 is 58.8 Å². The minimum absolute atomic E-state index is 0.0755. The SMILES string of the molecule is COC1(NC(=O)Cc2cccs2)C(=O)N2C(C(=O)O)=C(C=NNc3ccc(C(=O)O)cc3)CS[C@H]21. The number of aromatic carboxylic acids is 1. The number of carbonyl (C=O) groups excluding carboxylic acids is 2. The topological polar surface area (TPSA) is 158 Å². The van der Waals surface area contributed by atoms with Crippen molar-refractivity contribution in [2.24, 2.45) is 5.10 Å². The van der Waals surface area contributed by atoms with E-state index in [4.69, 9.17) is 9.84 Å². The Hall–Kier alpha value is -3.68. The van der Waals surface area contributed by atoms with Crippen molar-refractivity contribution in [3.8, 4) is 0 Å². The number of nitrogens with zero attached hydrogens (tertiary/aromatic N) is 2. The van der Waals surface area contributed by atoms with E-state index in [0.717, 1.165) is 9.78 Å². The van der Waals surface area contributed by atoms with Gasteiger partial charge in [0, 0.05) is 23.3 Å². The predicted molar refractivity (Wildman–Crippen MR) is 129 cm³/mol. The third-order valence-electron chi connectivity index (χ3n) is 5.37. The Balaban J connectivity index is 1.50. The normalized spacial score (nSPS) is 21.5. The van der Waals surface area contributed by atoms with E-state index in [0.29, 0.717) is 5.69 Å². The second-order valence-electron chi connectivity index (χ2n) is 7.51. The molecule has 2 aromatic rings. The Labute approximate surface area is 207 Å². The van der Waals surface area contributed by atoms with E-state index in [1.807, 2.05) is 11.4 Å². The van der Waals surface area contributed by atoms with Crippen molar-refractivity contribution in [1.82, 2.24) is 10.2 Å². The Morgan fingerprint density at radius 1 is 1.23 bits per heavy atom. The number of hydrogen-bond acceptors (Lipinski definition) is 9. The minimum Gasteiger partial charge on any atom is -0.478 e. The summed E-state index contributed by atoms with van der Waals surface area (Å²) in [5.41, 5.74) is 1.70. The Kier molecular flexibility index (Phi) is 6.91. The molecule has 182 valence electrons. The number of benzene rings is 1. The first kappa shape index (κ1) is 24.4. The molecule has 0 bridgehead atoms. The largest absolute Gasteiger partial charge is 0.478 e. The lowest BCUT2D eigenvalue weighted by Crippen LogP contribution is -2.80. The van der Waals surface area contributed by atoms with Crippen LogP contribution in [0.2, 0.25) is 0 Å². The molecule has 0 spiro atoms. The van der Waals surface area contributed by atoms with Crippen LogP contribution in [0.5, 0.6) is 0 Å². The van der Waals surface area contributed by atoms with Gasteiger partial charge in [0.05, 0.1) is 23.9 Å². The van der Waals surface area contributed by atoms with Crippen molar-refractivity contribution in [1.29, 1.82) is 0 Å². The van der Waals surface area contributed by atoms with Gasteiger partial charge in [-0.15, -0.1) is 23.1 Å². The Morgan fingerprint density at radius 2 is 1.97 bits per heavy atom. The smallest absolute Gasteiger partial charge is 0.353 e. The van der Waals surface area contributed by atoms with Crippen LogP contribution in [0, 0.1) is 0 Å². The van der Waals surface area contributed by atoms with Gasteiger partial charge in [0.1, 0.15) is 11.1 Å². The fourth-order valence-corrected chi connectivity index (χ4v) is 5.79. The Bertz CT molecular complexity index is 1230. The number of β-lactam (4-membered cyclic amide) rings is 1. The minimum atomic E-state index is -1.66. The van der Waals surface area contributed by atoms with Gasteiger partial charge in [0.25, 0.3) is 11.6 Å². The van der Waals surface area contributed by atoms with E-state index in [1.54, 1.807) is 6.07 Å². The molecule has 0 saturated carbocycles. The molecular weight excluding hydrogens is 496 g/mol. The molecule has 1 aromatic carbocycles. The van der Waals surface area contributed by atoms with Crippen molar-refractivity contribution < 1.29 is 34.1 Å². The van der Waals surface area contributed by atoms with Crippen molar-refractivity contribution in [3.05, 3.63) is 63.5 Å². The van der Waals surface area contributed by atoms with Crippen LogP contribution in [0.4, 0.5) is 5.69 Å². The lowest BCUT2D eigenvalue weighted by atomic mass is 9.98. The van der Waals surface area contributed by atoms with Gasteiger partial charge in [-0.05, 0) is 35.7 Å². The van der Waals surface area contributed by atoms with Crippen LogP contribution < -0.4 is 10.7 Å². The molecule has 4 rings (SSSR count). The van der Waals surface area contributed by atoms with E-state index in [1.165, 1.54) is 60.7 Å². The zero-order valence-electron chi connectivity index (χ0n) is 18.3. The fourth-order valence-electron chi connectivity index (χ4n) is 3.70. The molecule has 0 aliphatic carbocycles. The second kappa shape index (κ2) is 9.90. The second-order valence-corrected chi connectivity index (χ2v) is 9.61. The number of aliphatic carboxylic acids is 1. The summed E-state index contributed by atoms with van der Waals surface area (Å²) < 4.78 is 5.43. The number of fused-ring (bicyclic) bond motifs is 1. The van der Waals surface area contributed by atoms with Gasteiger partial charge in [0.2, 0.25) is 5.91 Å². The summed E-state index contributed by atoms with van der Waals surface area (Å²) in [6, 6.07) is 9.46. The average Bonchev–Trinajstić information content (AvgIpc) is 3.35. The third kappa shape index (κ3) is 4.65. The van der Waals surface area contributed by atoms with E-state index in [9.17, 15) is 24.3 Å². The number of thiophene rings is 1. The van der Waals surface area contributed by atoms with Gasteiger partial charge in [-0.25, -0.2) is 9.59 Å². The van der Waals surface area contributed by atoms with Gasteiger partial charge in [-0.2, -0.15) is 5.10 Å². The Morgan fingerprint density at radius 3 is 2.57 bits per heavy atom. The number of methoxy groups -OCH3 is 1. The molecule has 4 N–H and O–H groups in total. The number of carbonyl (C=O) groups is 4. The summed E-state index contributed by atoms with van der Waals surface area (Å²) in [5, 5.41) is 26.5. The van der Waals surface area contributed by atoms with Crippen LogP contribution in [-0.2, 0) is 25.5 Å². The number of anilines is 1. The van der Waals surface area contributed by atoms with Crippen LogP contribution in [0.1, 0.15) is 15.2 Å². The number of nitrogens with one attached hydrogen (secondary N) is 2. The summed E-state index contributed by atoms with van der Waals surface area (Å²) in [6.07, 6.45) is 1.37. The molecule has 0 radical (unpaired) electrons. The first-order valence-electron chi connectivity index (χ1n) is 10.2. The molecule has 13 heteroatoms. The number of hydrogen-bond donors (Lipinski definition) is 4. The van der Waals surface area contributed by atoms with Crippen LogP contribution in [-0.4, -0.2) is 69.0 Å². The summed E-state index contributed by atoms with van der Waals surface area (Å²) in [5.74, 6) is -3.26. The van der Waals surface area contributed by atoms with E-state index < -0.39 is 34.9 Å². The molecule has 2 aliphatic rings. The standard InChI is InChI=1S/C22H20N4O7S2/c1-33-22(24-16(27)9-15-3-2-8-34-15)20(32)26-17(19(30)31)13(11-35-21(22)26)10-23-25-14-6-4-12(5-7-14)18(28)29/h2-8,10,21,25H,9,11H2,1H3,(H,24,27)(H,28,29)(H,30,31)/t21-,22?/m0/s1. The molecule has 3 heterocycles. The van der Waals surface area contributed by atoms with Crippen LogP contribution in [0.25, 0.3) is 0 Å². The van der Waals surface area contributed by atoms with Gasteiger partial charge in [-0.1, -0.05) is 6.07 Å². The van der Waals surface area contributed by atoms with Crippen LogP contribution in [0.3, 0.4) is 0 Å². The number of ether oxygens (including phenoxy) is 1. The fraction of sp³-hybridized carbons (Fsp3) is 0.227. The quantitative estimate of drug-likeness (QED) is 0.169. The van der Waals surface area contributed by atoms with E-state index in [-0.39, 0.29) is 29.0 Å². The molecule has 2 aliphatic heterocycles. The predicted octanol–water partition coefficient (Wildman–Crippen LogP) is 1.80. The molecule has 2 amide bonds. The number of carboxylic acids is 2. The van der Waals surface area contributed by atoms with Crippen LogP contribution >= 0.6 is 23.1 Å². The highest BCUT2D eigenvalue weighted by molar-refractivity contribution is 8.00. The lowest BCUT2D eigenvalue weighted by molar-refractivity contribution is -0.192. The maximum absolute atomic E-state index is 13.1. The highest BCUT2D eigenvalue weighted by Gasteiger charge is 2.66. The molecule has 1 unspecified atom stereocenters. The molecule has 1 fully saturated rings. The zero-order chi connectivity index (χ0) is 25.2. The van der Waals surface area contributed by atoms with Crippen molar-refractivity contribution in [3.63, 3.8) is 0 Å². The highest BCUT2D eigenvalue weighted by atomic mass is 32.2. The summed E-state index contributed by atoms with van der Waals surface area (Å²) in [4.78, 5) is 50.6. The van der Waals surface area contributed by atoms with Crippen LogP contribution in [0.15, 0.2) is 58.1 Å². The number of amides is 2. The number of rotatable bonds is 9.